The molecule has 0 aliphatic heterocycles. The first-order valence-electron chi connectivity index (χ1n) is 7.01. The maximum Gasteiger partial charge on any atom is 0.358 e. The first-order chi connectivity index (χ1) is 10.7. The van der Waals surface area contributed by atoms with Gasteiger partial charge < -0.3 is 13.9 Å². The van der Waals surface area contributed by atoms with Crippen molar-refractivity contribution in [1.82, 2.24) is 9.38 Å². The molecule has 0 spiro atoms. The molecule has 0 aliphatic rings. The SMILES string of the molecule is CCOC(=O)c1cn2cc(-c3ccc(OC)cc3)ccc2n1. The van der Waals surface area contributed by atoms with E-state index >= 15 is 0 Å². The number of ether oxygens (including phenoxy) is 2. The fourth-order valence-electron chi connectivity index (χ4n) is 2.25. The highest BCUT2D eigenvalue weighted by Crippen LogP contribution is 2.23. The van der Waals surface area contributed by atoms with Gasteiger partial charge in [-0.3, -0.25) is 0 Å². The number of fused-ring (bicyclic) bond motifs is 1. The molecular weight excluding hydrogens is 280 g/mol. The van der Waals surface area contributed by atoms with Gasteiger partial charge in [0.25, 0.3) is 0 Å². The first kappa shape index (κ1) is 14.1. The number of nitrogens with zero attached hydrogens (tertiary/aromatic N) is 2. The van der Waals surface area contributed by atoms with Gasteiger partial charge in [-0.2, -0.15) is 0 Å². The molecule has 0 radical (unpaired) electrons. The van der Waals surface area contributed by atoms with Crippen molar-refractivity contribution in [3.8, 4) is 16.9 Å². The second-order valence-corrected chi connectivity index (χ2v) is 4.76. The number of carbonyl (C=O) groups excluding carboxylic acids is 1. The van der Waals surface area contributed by atoms with Crippen LogP contribution >= 0.6 is 0 Å². The summed E-state index contributed by atoms with van der Waals surface area (Å²) in [4.78, 5) is 16.0. The Labute approximate surface area is 128 Å². The zero-order valence-electron chi connectivity index (χ0n) is 12.4. The zero-order valence-corrected chi connectivity index (χ0v) is 12.4. The van der Waals surface area contributed by atoms with Gasteiger partial charge >= 0.3 is 5.97 Å². The Morgan fingerprint density at radius 2 is 1.82 bits per heavy atom. The molecule has 2 heterocycles. The lowest BCUT2D eigenvalue weighted by molar-refractivity contribution is 0.0520. The smallest absolute Gasteiger partial charge is 0.358 e. The van der Waals surface area contributed by atoms with Gasteiger partial charge in [0.2, 0.25) is 0 Å². The Balaban J connectivity index is 1.96. The molecule has 0 saturated carbocycles. The maximum absolute atomic E-state index is 11.7. The van der Waals surface area contributed by atoms with E-state index in [-0.39, 0.29) is 0 Å². The highest BCUT2D eigenvalue weighted by Gasteiger charge is 2.11. The second-order valence-electron chi connectivity index (χ2n) is 4.76. The van der Waals surface area contributed by atoms with Crippen LogP contribution in [0.5, 0.6) is 5.75 Å². The van der Waals surface area contributed by atoms with Crippen LogP contribution in [0, 0.1) is 0 Å². The number of esters is 1. The minimum atomic E-state index is -0.405. The van der Waals surface area contributed by atoms with Gasteiger partial charge in [0.05, 0.1) is 13.7 Å². The Bertz CT molecular complexity index is 806. The normalized spacial score (nSPS) is 10.6. The molecule has 3 rings (SSSR count). The molecule has 0 bridgehead atoms. The van der Waals surface area contributed by atoms with E-state index in [9.17, 15) is 4.79 Å². The number of pyridine rings is 1. The summed E-state index contributed by atoms with van der Waals surface area (Å²) in [6.07, 6.45) is 3.62. The predicted octanol–water partition coefficient (Wildman–Crippen LogP) is 3.19. The van der Waals surface area contributed by atoms with Crippen molar-refractivity contribution < 1.29 is 14.3 Å². The highest BCUT2D eigenvalue weighted by atomic mass is 16.5. The van der Waals surface area contributed by atoms with E-state index in [1.54, 1.807) is 20.2 Å². The minimum Gasteiger partial charge on any atom is -0.497 e. The summed E-state index contributed by atoms with van der Waals surface area (Å²) in [6, 6.07) is 11.7. The average molecular weight is 296 g/mol. The third kappa shape index (κ3) is 2.65. The molecule has 0 fully saturated rings. The van der Waals surface area contributed by atoms with Crippen LogP contribution in [0.1, 0.15) is 17.4 Å². The number of rotatable bonds is 4. The van der Waals surface area contributed by atoms with Crippen LogP contribution < -0.4 is 4.74 Å². The van der Waals surface area contributed by atoms with Crippen LogP contribution in [0.4, 0.5) is 0 Å². The zero-order chi connectivity index (χ0) is 15.5. The van der Waals surface area contributed by atoms with Crippen LogP contribution in [0.3, 0.4) is 0 Å². The van der Waals surface area contributed by atoms with Crippen molar-refractivity contribution in [2.24, 2.45) is 0 Å². The van der Waals surface area contributed by atoms with E-state index in [4.69, 9.17) is 9.47 Å². The van der Waals surface area contributed by atoms with Crippen LogP contribution in [0.2, 0.25) is 0 Å². The van der Waals surface area contributed by atoms with E-state index in [2.05, 4.69) is 4.98 Å². The molecule has 0 unspecified atom stereocenters. The Hall–Kier alpha value is -2.82. The Kier molecular flexibility index (Phi) is 3.78. The molecule has 0 saturated heterocycles. The van der Waals surface area contributed by atoms with Gasteiger partial charge in [0.15, 0.2) is 5.69 Å². The molecule has 22 heavy (non-hydrogen) atoms. The molecule has 5 nitrogen and oxygen atoms in total. The molecular formula is C17H16N2O3. The van der Waals surface area contributed by atoms with Crippen molar-refractivity contribution in [2.75, 3.05) is 13.7 Å². The topological polar surface area (TPSA) is 52.8 Å². The summed E-state index contributed by atoms with van der Waals surface area (Å²) in [5.41, 5.74) is 3.12. The number of hydrogen-bond acceptors (Lipinski definition) is 4. The van der Waals surface area contributed by atoms with Crippen LogP contribution in [-0.4, -0.2) is 29.1 Å². The molecule has 0 atom stereocenters. The molecule has 0 aliphatic carbocycles. The fraction of sp³-hybridized carbons (Fsp3) is 0.176. The predicted molar refractivity (Wildman–Crippen MR) is 83.1 cm³/mol. The highest BCUT2D eigenvalue weighted by molar-refractivity contribution is 5.88. The summed E-state index contributed by atoms with van der Waals surface area (Å²) < 4.78 is 12.0. The maximum atomic E-state index is 11.7. The molecule has 5 heteroatoms. The van der Waals surface area contributed by atoms with Gasteiger partial charge in [0, 0.05) is 12.4 Å². The van der Waals surface area contributed by atoms with Crippen molar-refractivity contribution in [3.05, 3.63) is 54.5 Å². The lowest BCUT2D eigenvalue weighted by Crippen LogP contribution is -2.04. The number of carbonyl (C=O) groups is 1. The third-order valence-corrected chi connectivity index (χ3v) is 3.36. The lowest BCUT2D eigenvalue weighted by atomic mass is 10.1. The van der Waals surface area contributed by atoms with Gasteiger partial charge in [0.1, 0.15) is 11.4 Å². The fourth-order valence-corrected chi connectivity index (χ4v) is 2.25. The molecule has 1 aromatic carbocycles. The average Bonchev–Trinajstić information content (AvgIpc) is 2.98. The van der Waals surface area contributed by atoms with E-state index in [1.165, 1.54) is 0 Å². The van der Waals surface area contributed by atoms with Gasteiger partial charge in [-0.15, -0.1) is 0 Å². The molecule has 112 valence electrons. The first-order valence-corrected chi connectivity index (χ1v) is 7.01. The van der Waals surface area contributed by atoms with Gasteiger partial charge in [-0.05, 0) is 42.3 Å². The monoisotopic (exact) mass is 296 g/mol. The van der Waals surface area contributed by atoms with Crippen LogP contribution in [0.25, 0.3) is 16.8 Å². The quantitative estimate of drug-likeness (QED) is 0.694. The van der Waals surface area contributed by atoms with Crippen molar-refractivity contribution in [1.29, 1.82) is 0 Å². The number of hydrogen-bond donors (Lipinski definition) is 0. The summed E-state index contributed by atoms with van der Waals surface area (Å²) in [5, 5.41) is 0. The van der Waals surface area contributed by atoms with E-state index in [0.29, 0.717) is 17.9 Å². The molecule has 0 N–H and O–H groups in total. The van der Waals surface area contributed by atoms with Crippen molar-refractivity contribution >= 4 is 11.6 Å². The van der Waals surface area contributed by atoms with Crippen molar-refractivity contribution in [2.45, 2.75) is 6.92 Å². The number of aromatic nitrogens is 2. The van der Waals surface area contributed by atoms with E-state index in [0.717, 1.165) is 16.9 Å². The molecule has 0 amide bonds. The Morgan fingerprint density at radius 3 is 2.50 bits per heavy atom. The van der Waals surface area contributed by atoms with E-state index < -0.39 is 5.97 Å². The van der Waals surface area contributed by atoms with Gasteiger partial charge in [-0.1, -0.05) is 12.1 Å². The number of methoxy groups -OCH3 is 1. The number of imidazole rings is 1. The lowest BCUT2D eigenvalue weighted by Gasteiger charge is -2.04. The van der Waals surface area contributed by atoms with Crippen LogP contribution in [0.15, 0.2) is 48.8 Å². The van der Waals surface area contributed by atoms with Gasteiger partial charge in [-0.25, -0.2) is 9.78 Å². The molecule has 2 aromatic heterocycles. The standard InChI is InChI=1S/C17H16N2O3/c1-3-22-17(20)15-11-19-10-13(6-9-16(19)18-15)12-4-7-14(21-2)8-5-12/h4-11H,3H2,1-2H3. The summed E-state index contributed by atoms with van der Waals surface area (Å²) in [6.45, 7) is 2.11. The molecule has 3 aromatic rings. The van der Waals surface area contributed by atoms with Crippen molar-refractivity contribution in [3.63, 3.8) is 0 Å². The second kappa shape index (κ2) is 5.89. The summed E-state index contributed by atoms with van der Waals surface area (Å²) in [5.74, 6) is 0.411. The summed E-state index contributed by atoms with van der Waals surface area (Å²) in [7, 11) is 1.64. The largest absolute Gasteiger partial charge is 0.497 e. The minimum absolute atomic E-state index is 0.314. The Morgan fingerprint density at radius 1 is 1.09 bits per heavy atom. The third-order valence-electron chi connectivity index (χ3n) is 3.36. The summed E-state index contributed by atoms with van der Waals surface area (Å²) >= 11 is 0. The van der Waals surface area contributed by atoms with Crippen LogP contribution in [-0.2, 0) is 4.74 Å². The number of benzene rings is 1. The van der Waals surface area contributed by atoms with E-state index in [1.807, 2.05) is 47.0 Å².